The first-order valence-electron chi connectivity index (χ1n) is 7.14. The average Bonchev–Trinajstić information content (AvgIpc) is 2.24. The summed E-state index contributed by atoms with van der Waals surface area (Å²) in [6.45, 7) is 3.85. The molecule has 0 saturated heterocycles. The molecule has 1 rings (SSSR count). The van der Waals surface area contributed by atoms with Crippen molar-refractivity contribution in [2.45, 2.75) is 70.4 Å². The van der Waals surface area contributed by atoms with E-state index in [0.29, 0.717) is 0 Å². The Bertz CT molecular complexity index is 325. The number of hydrogen-bond donors (Lipinski definition) is 3. The molecule has 1 fully saturated rings. The maximum atomic E-state index is 12.1. The van der Waals surface area contributed by atoms with E-state index in [-0.39, 0.29) is 24.3 Å². The van der Waals surface area contributed by atoms with Gasteiger partial charge in [0, 0.05) is 12.0 Å². The number of hydrogen-bond acceptors (Lipinski definition) is 3. The Balaban J connectivity index is 2.37. The molecule has 1 aliphatic rings. The molecule has 2 atom stereocenters. The van der Waals surface area contributed by atoms with Crippen LogP contribution >= 0.6 is 0 Å². The number of carboxylic acid groups (broad SMARTS) is 1. The first-order chi connectivity index (χ1) is 8.84. The van der Waals surface area contributed by atoms with Crippen molar-refractivity contribution in [1.29, 1.82) is 0 Å². The van der Waals surface area contributed by atoms with Crippen molar-refractivity contribution in [3.63, 3.8) is 0 Å². The van der Waals surface area contributed by atoms with Crippen LogP contribution in [-0.4, -0.2) is 28.6 Å². The number of carbonyl (C=O) groups excluding carboxylic acids is 1. The van der Waals surface area contributed by atoms with Gasteiger partial charge in [0.2, 0.25) is 5.91 Å². The summed E-state index contributed by atoms with van der Waals surface area (Å²) in [6.07, 6.45) is 5.22. The smallest absolute Gasteiger partial charge is 0.305 e. The van der Waals surface area contributed by atoms with Crippen LogP contribution in [0.3, 0.4) is 0 Å². The molecule has 0 bridgehead atoms. The van der Waals surface area contributed by atoms with Crippen molar-refractivity contribution < 1.29 is 14.7 Å². The van der Waals surface area contributed by atoms with Crippen molar-refractivity contribution in [3.05, 3.63) is 0 Å². The highest BCUT2D eigenvalue weighted by Crippen LogP contribution is 2.35. The normalized spacial score (nSPS) is 20.2. The highest BCUT2D eigenvalue weighted by atomic mass is 16.4. The largest absolute Gasteiger partial charge is 0.481 e. The molecule has 1 aliphatic carbocycles. The van der Waals surface area contributed by atoms with E-state index in [9.17, 15) is 9.59 Å². The minimum Gasteiger partial charge on any atom is -0.481 e. The van der Waals surface area contributed by atoms with Crippen LogP contribution in [0.1, 0.15) is 58.8 Å². The van der Waals surface area contributed by atoms with E-state index in [0.717, 1.165) is 38.5 Å². The molecule has 5 nitrogen and oxygen atoms in total. The Morgan fingerprint density at radius 1 is 1.32 bits per heavy atom. The van der Waals surface area contributed by atoms with Gasteiger partial charge in [-0.3, -0.25) is 9.59 Å². The first kappa shape index (κ1) is 16.0. The SMILES string of the molecule is CC(N)CCCC(C)C(=O)NC1(CC(=O)O)CCC1. The molecule has 19 heavy (non-hydrogen) atoms. The highest BCUT2D eigenvalue weighted by molar-refractivity contribution is 5.80. The molecular weight excluding hydrogens is 244 g/mol. The number of aliphatic carboxylic acids is 1. The van der Waals surface area contributed by atoms with E-state index in [1.807, 2.05) is 13.8 Å². The van der Waals surface area contributed by atoms with Crippen molar-refractivity contribution in [2.24, 2.45) is 11.7 Å². The molecule has 0 spiro atoms. The van der Waals surface area contributed by atoms with E-state index in [1.165, 1.54) is 0 Å². The lowest BCUT2D eigenvalue weighted by molar-refractivity contribution is -0.140. The highest BCUT2D eigenvalue weighted by Gasteiger charge is 2.40. The van der Waals surface area contributed by atoms with Crippen LogP contribution in [0.5, 0.6) is 0 Å². The standard InChI is InChI=1S/C14H26N2O3/c1-10(5-3-6-11(2)15)13(19)16-14(7-4-8-14)9-12(17)18/h10-11H,3-9,15H2,1-2H3,(H,16,19)(H,17,18). The predicted molar refractivity (Wildman–Crippen MR) is 73.6 cm³/mol. The summed E-state index contributed by atoms with van der Waals surface area (Å²) in [5.74, 6) is -0.944. The summed E-state index contributed by atoms with van der Waals surface area (Å²) < 4.78 is 0. The summed E-state index contributed by atoms with van der Waals surface area (Å²) in [5.41, 5.74) is 5.19. The summed E-state index contributed by atoms with van der Waals surface area (Å²) in [7, 11) is 0. The van der Waals surface area contributed by atoms with Crippen LogP contribution in [0.4, 0.5) is 0 Å². The van der Waals surface area contributed by atoms with Gasteiger partial charge in [-0.1, -0.05) is 13.3 Å². The van der Waals surface area contributed by atoms with Crippen molar-refractivity contribution in [1.82, 2.24) is 5.32 Å². The lowest BCUT2D eigenvalue weighted by atomic mass is 9.74. The number of nitrogens with two attached hydrogens (primary N) is 1. The summed E-state index contributed by atoms with van der Waals surface area (Å²) in [4.78, 5) is 22.9. The monoisotopic (exact) mass is 270 g/mol. The fraction of sp³-hybridized carbons (Fsp3) is 0.857. The minimum absolute atomic E-state index is 0.0226. The Morgan fingerprint density at radius 2 is 1.95 bits per heavy atom. The Labute approximate surface area is 114 Å². The second kappa shape index (κ2) is 6.89. The lowest BCUT2D eigenvalue weighted by Crippen LogP contribution is -2.55. The van der Waals surface area contributed by atoms with E-state index in [2.05, 4.69) is 5.32 Å². The number of carbonyl (C=O) groups is 2. The average molecular weight is 270 g/mol. The fourth-order valence-corrected chi connectivity index (χ4v) is 2.50. The summed E-state index contributed by atoms with van der Waals surface area (Å²) in [5, 5.41) is 11.9. The molecule has 0 aliphatic heterocycles. The lowest BCUT2D eigenvalue weighted by Gasteiger charge is -2.42. The van der Waals surface area contributed by atoms with Gasteiger partial charge < -0.3 is 16.2 Å². The molecule has 1 saturated carbocycles. The summed E-state index contributed by atoms with van der Waals surface area (Å²) in [6, 6.07) is 0.167. The van der Waals surface area contributed by atoms with Gasteiger partial charge in [0.1, 0.15) is 0 Å². The van der Waals surface area contributed by atoms with Gasteiger partial charge in [0.15, 0.2) is 0 Å². The second-order valence-electron chi connectivity index (χ2n) is 6.00. The van der Waals surface area contributed by atoms with Crippen molar-refractivity contribution in [2.75, 3.05) is 0 Å². The van der Waals surface area contributed by atoms with Crippen LogP contribution in [-0.2, 0) is 9.59 Å². The maximum Gasteiger partial charge on any atom is 0.305 e. The Hall–Kier alpha value is -1.10. The zero-order valence-corrected chi connectivity index (χ0v) is 11.9. The molecule has 0 aromatic heterocycles. The number of amides is 1. The van der Waals surface area contributed by atoms with Gasteiger partial charge >= 0.3 is 5.97 Å². The molecule has 0 aromatic carbocycles. The van der Waals surface area contributed by atoms with Gasteiger partial charge in [-0.05, 0) is 39.0 Å². The van der Waals surface area contributed by atoms with Gasteiger partial charge in [-0.2, -0.15) is 0 Å². The summed E-state index contributed by atoms with van der Waals surface area (Å²) >= 11 is 0. The molecule has 4 N–H and O–H groups in total. The molecule has 1 amide bonds. The third-order valence-corrected chi connectivity index (χ3v) is 3.93. The van der Waals surface area contributed by atoms with E-state index < -0.39 is 11.5 Å². The number of nitrogens with one attached hydrogen (secondary N) is 1. The van der Waals surface area contributed by atoms with Gasteiger partial charge in [-0.15, -0.1) is 0 Å². The van der Waals surface area contributed by atoms with Crippen LogP contribution in [0.15, 0.2) is 0 Å². The Morgan fingerprint density at radius 3 is 2.37 bits per heavy atom. The van der Waals surface area contributed by atoms with Crippen LogP contribution < -0.4 is 11.1 Å². The molecule has 2 unspecified atom stereocenters. The zero-order valence-electron chi connectivity index (χ0n) is 11.9. The molecule has 0 aromatic rings. The fourth-order valence-electron chi connectivity index (χ4n) is 2.50. The van der Waals surface area contributed by atoms with Crippen LogP contribution in [0.2, 0.25) is 0 Å². The van der Waals surface area contributed by atoms with E-state index in [1.54, 1.807) is 0 Å². The predicted octanol–water partition coefficient (Wildman–Crippen LogP) is 1.65. The molecule has 0 heterocycles. The van der Waals surface area contributed by atoms with Crippen LogP contribution in [0.25, 0.3) is 0 Å². The number of carboxylic acids is 1. The molecule has 0 radical (unpaired) electrons. The first-order valence-corrected chi connectivity index (χ1v) is 7.14. The quantitative estimate of drug-likeness (QED) is 0.625. The maximum absolute atomic E-state index is 12.1. The minimum atomic E-state index is -0.843. The van der Waals surface area contributed by atoms with Crippen molar-refractivity contribution in [3.8, 4) is 0 Å². The zero-order chi connectivity index (χ0) is 14.5. The molecular formula is C14H26N2O3. The van der Waals surface area contributed by atoms with Crippen LogP contribution in [0, 0.1) is 5.92 Å². The molecule has 5 heteroatoms. The topological polar surface area (TPSA) is 92.4 Å². The molecule has 110 valence electrons. The third-order valence-electron chi connectivity index (χ3n) is 3.93. The Kier molecular flexibility index (Phi) is 5.79. The van der Waals surface area contributed by atoms with Gasteiger partial charge in [0.25, 0.3) is 0 Å². The van der Waals surface area contributed by atoms with E-state index in [4.69, 9.17) is 10.8 Å². The third kappa shape index (κ3) is 5.19. The van der Waals surface area contributed by atoms with Gasteiger partial charge in [0.05, 0.1) is 12.0 Å². The number of rotatable bonds is 8. The van der Waals surface area contributed by atoms with E-state index >= 15 is 0 Å². The van der Waals surface area contributed by atoms with Gasteiger partial charge in [-0.25, -0.2) is 0 Å². The second-order valence-corrected chi connectivity index (χ2v) is 6.00. The van der Waals surface area contributed by atoms with Crippen molar-refractivity contribution >= 4 is 11.9 Å².